The van der Waals surface area contributed by atoms with E-state index in [1.807, 2.05) is 43.0 Å². The molecule has 2 heterocycles. The molecular weight excluding hydrogens is 344 g/mol. The number of carbonyl (C=O) groups excluding carboxylic acids is 2. The average Bonchev–Trinajstić information content (AvgIpc) is 2.69. The number of amides is 2. The molecule has 0 aromatic heterocycles. The number of para-hydroxylation sites is 2. The van der Waals surface area contributed by atoms with E-state index in [4.69, 9.17) is 9.47 Å². The molecule has 148 valence electrons. The van der Waals surface area contributed by atoms with Gasteiger partial charge in [-0.1, -0.05) is 12.1 Å². The first-order valence-electron chi connectivity index (χ1n) is 9.97. The van der Waals surface area contributed by atoms with Crippen LogP contribution in [0.2, 0.25) is 0 Å². The van der Waals surface area contributed by atoms with Crippen LogP contribution in [-0.2, 0) is 14.3 Å². The van der Waals surface area contributed by atoms with Gasteiger partial charge in [0.25, 0.3) is 0 Å². The highest BCUT2D eigenvalue weighted by atomic mass is 16.5. The van der Waals surface area contributed by atoms with Gasteiger partial charge in [-0.05, 0) is 51.7 Å². The summed E-state index contributed by atoms with van der Waals surface area (Å²) in [4.78, 5) is 27.2. The second-order valence-electron chi connectivity index (χ2n) is 7.64. The lowest BCUT2D eigenvalue weighted by molar-refractivity contribution is -0.141. The topological polar surface area (TPSA) is 67.9 Å². The fourth-order valence-corrected chi connectivity index (χ4v) is 3.73. The second-order valence-corrected chi connectivity index (χ2v) is 7.64. The summed E-state index contributed by atoms with van der Waals surface area (Å²) in [7, 11) is 0. The Morgan fingerprint density at radius 1 is 1.07 bits per heavy atom. The summed E-state index contributed by atoms with van der Waals surface area (Å²) in [5.74, 6) is 0.939. The number of ether oxygens (including phenoxy) is 2. The van der Waals surface area contributed by atoms with Crippen molar-refractivity contribution in [3.8, 4) is 5.75 Å². The van der Waals surface area contributed by atoms with Gasteiger partial charge in [0.2, 0.25) is 11.8 Å². The van der Waals surface area contributed by atoms with E-state index in [9.17, 15) is 9.59 Å². The largest absolute Gasteiger partial charge is 0.489 e. The van der Waals surface area contributed by atoms with Gasteiger partial charge in [-0.15, -0.1) is 0 Å². The molecule has 2 amide bonds. The van der Waals surface area contributed by atoms with Gasteiger partial charge in [-0.2, -0.15) is 0 Å². The number of hydrogen-bond acceptors (Lipinski definition) is 4. The normalized spacial score (nSPS) is 19.1. The Balaban J connectivity index is 1.52. The Morgan fingerprint density at radius 3 is 2.41 bits per heavy atom. The number of nitrogens with one attached hydrogen (secondary N) is 1. The Labute approximate surface area is 161 Å². The molecule has 27 heavy (non-hydrogen) atoms. The lowest BCUT2D eigenvalue weighted by Gasteiger charge is -2.34. The fraction of sp³-hybridized carbons (Fsp3) is 0.619. The van der Waals surface area contributed by atoms with Crippen LogP contribution in [-0.4, -0.2) is 49.1 Å². The second kappa shape index (κ2) is 9.22. The molecule has 1 aromatic rings. The van der Waals surface area contributed by atoms with Crippen molar-refractivity contribution in [1.29, 1.82) is 0 Å². The van der Waals surface area contributed by atoms with E-state index in [2.05, 4.69) is 5.32 Å². The highest BCUT2D eigenvalue weighted by Crippen LogP contribution is 2.28. The molecule has 0 radical (unpaired) electrons. The Bertz CT molecular complexity index is 647. The van der Waals surface area contributed by atoms with Gasteiger partial charge in [0.1, 0.15) is 5.75 Å². The van der Waals surface area contributed by atoms with E-state index in [0.29, 0.717) is 50.6 Å². The van der Waals surface area contributed by atoms with Gasteiger partial charge in [0, 0.05) is 38.1 Å². The number of benzene rings is 1. The van der Waals surface area contributed by atoms with E-state index in [1.54, 1.807) is 0 Å². The van der Waals surface area contributed by atoms with Crippen LogP contribution in [0, 0.1) is 11.8 Å². The van der Waals surface area contributed by atoms with Crippen LogP contribution in [0.15, 0.2) is 24.3 Å². The minimum atomic E-state index is -0.0733. The Kier molecular flexibility index (Phi) is 6.72. The molecule has 3 rings (SSSR count). The Morgan fingerprint density at radius 2 is 1.74 bits per heavy atom. The van der Waals surface area contributed by atoms with Crippen molar-refractivity contribution in [2.24, 2.45) is 11.8 Å². The van der Waals surface area contributed by atoms with Gasteiger partial charge in [0.05, 0.1) is 11.8 Å². The van der Waals surface area contributed by atoms with Crippen LogP contribution in [0.4, 0.5) is 5.69 Å². The zero-order chi connectivity index (χ0) is 19.2. The molecule has 6 nitrogen and oxygen atoms in total. The number of hydrogen-bond donors (Lipinski definition) is 1. The summed E-state index contributed by atoms with van der Waals surface area (Å²) in [6, 6.07) is 7.51. The summed E-state index contributed by atoms with van der Waals surface area (Å²) in [6.45, 7) is 6.57. The van der Waals surface area contributed by atoms with Crippen molar-refractivity contribution in [2.75, 3.05) is 31.6 Å². The lowest BCUT2D eigenvalue weighted by Crippen LogP contribution is -2.45. The molecule has 0 aliphatic carbocycles. The molecule has 0 unspecified atom stereocenters. The quantitative estimate of drug-likeness (QED) is 0.860. The molecule has 6 heteroatoms. The molecule has 0 saturated carbocycles. The molecule has 2 fully saturated rings. The predicted octanol–water partition coefficient (Wildman–Crippen LogP) is 3.08. The van der Waals surface area contributed by atoms with E-state index in [1.165, 1.54) is 0 Å². The number of rotatable bonds is 5. The standard InChI is InChI=1S/C21H30N2O4/c1-15(2)27-19-6-4-3-5-18(19)22-20(24)16-7-11-23(12-8-16)21(25)17-9-13-26-14-10-17/h3-6,15-17H,7-14H2,1-2H3,(H,22,24). The maximum Gasteiger partial charge on any atom is 0.227 e. The smallest absolute Gasteiger partial charge is 0.227 e. The first-order valence-corrected chi connectivity index (χ1v) is 9.97. The molecule has 2 aliphatic heterocycles. The van der Waals surface area contributed by atoms with Crippen LogP contribution in [0.1, 0.15) is 39.5 Å². The summed E-state index contributed by atoms with van der Waals surface area (Å²) in [5.41, 5.74) is 0.705. The molecule has 0 atom stereocenters. The maximum absolute atomic E-state index is 12.7. The van der Waals surface area contributed by atoms with Crippen molar-refractivity contribution < 1.29 is 19.1 Å². The van der Waals surface area contributed by atoms with Crippen LogP contribution in [0.5, 0.6) is 5.75 Å². The van der Waals surface area contributed by atoms with Crippen LogP contribution < -0.4 is 10.1 Å². The minimum absolute atomic E-state index is 0.00738. The molecule has 2 aliphatic rings. The predicted molar refractivity (Wildman–Crippen MR) is 104 cm³/mol. The number of likely N-dealkylation sites (tertiary alicyclic amines) is 1. The van der Waals surface area contributed by atoms with Crippen molar-refractivity contribution >= 4 is 17.5 Å². The monoisotopic (exact) mass is 374 g/mol. The van der Waals surface area contributed by atoms with E-state index >= 15 is 0 Å². The zero-order valence-electron chi connectivity index (χ0n) is 16.3. The van der Waals surface area contributed by atoms with E-state index in [-0.39, 0.29) is 29.8 Å². The zero-order valence-corrected chi connectivity index (χ0v) is 16.3. The molecular formula is C21H30N2O4. The first kappa shape index (κ1) is 19.7. The molecule has 0 bridgehead atoms. The fourth-order valence-electron chi connectivity index (χ4n) is 3.73. The maximum atomic E-state index is 12.7. The highest BCUT2D eigenvalue weighted by molar-refractivity contribution is 5.94. The lowest BCUT2D eigenvalue weighted by atomic mass is 9.93. The van der Waals surface area contributed by atoms with E-state index in [0.717, 1.165) is 12.8 Å². The van der Waals surface area contributed by atoms with Gasteiger partial charge in [-0.25, -0.2) is 0 Å². The average molecular weight is 374 g/mol. The number of nitrogens with zero attached hydrogens (tertiary/aromatic N) is 1. The third-order valence-electron chi connectivity index (χ3n) is 5.26. The van der Waals surface area contributed by atoms with Crippen LogP contribution in [0.3, 0.4) is 0 Å². The summed E-state index contributed by atoms with van der Waals surface area (Å²) < 4.78 is 11.1. The number of anilines is 1. The van der Waals surface area contributed by atoms with Gasteiger partial charge in [0.15, 0.2) is 0 Å². The summed E-state index contributed by atoms with van der Waals surface area (Å²) in [6.07, 6.45) is 3.07. The Hall–Kier alpha value is -2.08. The SMILES string of the molecule is CC(C)Oc1ccccc1NC(=O)C1CCN(C(=O)C2CCOCC2)CC1. The summed E-state index contributed by atoms with van der Waals surface area (Å²) >= 11 is 0. The highest BCUT2D eigenvalue weighted by Gasteiger charge is 2.31. The van der Waals surface area contributed by atoms with Crippen molar-refractivity contribution in [1.82, 2.24) is 4.90 Å². The number of piperidine rings is 1. The van der Waals surface area contributed by atoms with Crippen molar-refractivity contribution in [2.45, 2.75) is 45.6 Å². The third-order valence-corrected chi connectivity index (χ3v) is 5.26. The molecule has 1 N–H and O–H groups in total. The van der Waals surface area contributed by atoms with Gasteiger partial charge >= 0.3 is 0 Å². The summed E-state index contributed by atoms with van der Waals surface area (Å²) in [5, 5.41) is 3.01. The van der Waals surface area contributed by atoms with Crippen molar-refractivity contribution in [3.05, 3.63) is 24.3 Å². The molecule has 0 spiro atoms. The van der Waals surface area contributed by atoms with Crippen molar-refractivity contribution in [3.63, 3.8) is 0 Å². The van der Waals surface area contributed by atoms with E-state index < -0.39 is 0 Å². The third kappa shape index (κ3) is 5.22. The van der Waals surface area contributed by atoms with Gasteiger partial charge < -0.3 is 19.7 Å². The molecule has 2 saturated heterocycles. The van der Waals surface area contributed by atoms with Crippen LogP contribution >= 0.6 is 0 Å². The van der Waals surface area contributed by atoms with Gasteiger partial charge in [-0.3, -0.25) is 9.59 Å². The molecule has 1 aromatic carbocycles. The minimum Gasteiger partial charge on any atom is -0.489 e. The van der Waals surface area contributed by atoms with Crippen LogP contribution in [0.25, 0.3) is 0 Å². The number of carbonyl (C=O) groups is 2. The first-order chi connectivity index (χ1) is 13.0.